The van der Waals surface area contributed by atoms with Crippen LogP contribution >= 0.6 is 11.6 Å². The van der Waals surface area contributed by atoms with Crippen molar-refractivity contribution < 1.29 is 14.6 Å². The minimum absolute atomic E-state index is 0.0726. The maximum Gasteiger partial charge on any atom is 0.347 e. The SMILES string of the molecule is CCCCNc1cnc2c(C(=O)Oc3ccccc3O)c(Cl)ccc2c1. The number of halogens is 1. The molecule has 0 bridgehead atoms. The summed E-state index contributed by atoms with van der Waals surface area (Å²) < 4.78 is 5.30. The fourth-order valence-corrected chi connectivity index (χ4v) is 2.80. The molecule has 0 atom stereocenters. The molecule has 0 fully saturated rings. The molecule has 1 aromatic heterocycles. The van der Waals surface area contributed by atoms with Crippen LogP contribution in [0.15, 0.2) is 48.7 Å². The zero-order chi connectivity index (χ0) is 18.5. The van der Waals surface area contributed by atoms with Crippen LogP contribution in [0.5, 0.6) is 11.5 Å². The second-order valence-corrected chi connectivity index (χ2v) is 6.26. The molecule has 26 heavy (non-hydrogen) atoms. The molecule has 6 heteroatoms. The molecule has 3 rings (SSSR count). The molecular formula is C20H19ClN2O3. The van der Waals surface area contributed by atoms with Crippen LogP contribution in [0.2, 0.25) is 5.02 Å². The van der Waals surface area contributed by atoms with Crippen LogP contribution in [-0.4, -0.2) is 22.6 Å². The van der Waals surface area contributed by atoms with Gasteiger partial charge in [-0.15, -0.1) is 0 Å². The van der Waals surface area contributed by atoms with E-state index in [2.05, 4.69) is 17.2 Å². The normalized spacial score (nSPS) is 10.7. The number of phenolic OH excluding ortho intramolecular Hbond substituents is 1. The van der Waals surface area contributed by atoms with Crippen molar-refractivity contribution in [3.8, 4) is 11.5 Å². The topological polar surface area (TPSA) is 71.5 Å². The number of hydrogen-bond acceptors (Lipinski definition) is 5. The summed E-state index contributed by atoms with van der Waals surface area (Å²) in [4.78, 5) is 17.0. The first-order valence-corrected chi connectivity index (χ1v) is 8.80. The summed E-state index contributed by atoms with van der Waals surface area (Å²) in [6.07, 6.45) is 3.84. The van der Waals surface area contributed by atoms with Gasteiger partial charge in [0.2, 0.25) is 0 Å². The van der Waals surface area contributed by atoms with E-state index in [1.54, 1.807) is 24.4 Å². The average Bonchev–Trinajstić information content (AvgIpc) is 2.63. The number of pyridine rings is 1. The number of aromatic nitrogens is 1. The highest BCUT2D eigenvalue weighted by atomic mass is 35.5. The molecule has 2 aromatic carbocycles. The molecule has 0 aliphatic rings. The number of unbranched alkanes of at least 4 members (excludes halogenated alkanes) is 1. The lowest BCUT2D eigenvalue weighted by molar-refractivity contribution is 0.0731. The highest BCUT2D eigenvalue weighted by molar-refractivity contribution is 6.35. The predicted molar refractivity (Wildman–Crippen MR) is 103 cm³/mol. The third-order valence-corrected chi connectivity index (χ3v) is 4.25. The highest BCUT2D eigenvalue weighted by Crippen LogP contribution is 2.30. The Morgan fingerprint density at radius 1 is 1.27 bits per heavy atom. The Labute approximate surface area is 156 Å². The molecule has 0 amide bonds. The summed E-state index contributed by atoms with van der Waals surface area (Å²) in [6, 6.07) is 11.6. The molecule has 3 aromatic rings. The minimum Gasteiger partial charge on any atom is -0.504 e. The monoisotopic (exact) mass is 370 g/mol. The number of para-hydroxylation sites is 2. The lowest BCUT2D eigenvalue weighted by Gasteiger charge is -2.11. The first-order valence-electron chi connectivity index (χ1n) is 8.42. The third-order valence-electron chi connectivity index (χ3n) is 3.93. The molecular weight excluding hydrogens is 352 g/mol. The number of nitrogens with one attached hydrogen (secondary N) is 1. The zero-order valence-electron chi connectivity index (χ0n) is 14.3. The van der Waals surface area contributed by atoms with Crippen LogP contribution in [-0.2, 0) is 0 Å². The summed E-state index contributed by atoms with van der Waals surface area (Å²) in [7, 11) is 0. The predicted octanol–water partition coefficient (Wildman–Crippen LogP) is 5.03. The number of rotatable bonds is 6. The smallest absolute Gasteiger partial charge is 0.347 e. The number of nitrogens with zero attached hydrogens (tertiary/aromatic N) is 1. The van der Waals surface area contributed by atoms with Crippen LogP contribution < -0.4 is 10.1 Å². The summed E-state index contributed by atoms with van der Waals surface area (Å²) in [5, 5.41) is 14.1. The lowest BCUT2D eigenvalue weighted by atomic mass is 10.1. The van der Waals surface area contributed by atoms with Crippen molar-refractivity contribution in [1.29, 1.82) is 0 Å². The fraction of sp³-hybridized carbons (Fsp3) is 0.200. The number of benzene rings is 2. The van der Waals surface area contributed by atoms with Crippen LogP contribution in [0.25, 0.3) is 10.9 Å². The summed E-state index contributed by atoms with van der Waals surface area (Å²) >= 11 is 6.23. The number of carbonyl (C=O) groups excluding carboxylic acids is 1. The number of hydrogen-bond donors (Lipinski definition) is 2. The number of fused-ring (bicyclic) bond motifs is 1. The van der Waals surface area contributed by atoms with E-state index in [0.717, 1.165) is 30.5 Å². The average molecular weight is 371 g/mol. The standard InChI is InChI=1S/C20H19ClN2O3/c1-2-3-10-22-14-11-13-8-9-15(21)18(19(13)23-12-14)20(25)26-17-7-5-4-6-16(17)24/h4-9,11-12,22,24H,2-3,10H2,1H3. The van der Waals surface area contributed by atoms with Gasteiger partial charge in [0.25, 0.3) is 0 Å². The molecule has 0 spiro atoms. The third kappa shape index (κ3) is 3.89. The van der Waals surface area contributed by atoms with Gasteiger partial charge in [-0.25, -0.2) is 4.79 Å². The van der Waals surface area contributed by atoms with Crippen LogP contribution in [0, 0.1) is 0 Å². The Morgan fingerprint density at radius 3 is 2.85 bits per heavy atom. The van der Waals surface area contributed by atoms with E-state index in [9.17, 15) is 9.90 Å². The van der Waals surface area contributed by atoms with Gasteiger partial charge < -0.3 is 15.2 Å². The second kappa shape index (κ2) is 8.06. The van der Waals surface area contributed by atoms with Gasteiger partial charge in [0.15, 0.2) is 11.5 Å². The van der Waals surface area contributed by atoms with Crippen LogP contribution in [0.3, 0.4) is 0 Å². The lowest BCUT2D eigenvalue weighted by Crippen LogP contribution is -2.11. The van der Waals surface area contributed by atoms with Crippen molar-refractivity contribution in [2.75, 3.05) is 11.9 Å². The quantitative estimate of drug-likeness (QED) is 0.362. The summed E-state index contributed by atoms with van der Waals surface area (Å²) in [5.74, 6) is -0.711. The molecule has 0 aliphatic carbocycles. The van der Waals surface area contributed by atoms with Crippen molar-refractivity contribution in [2.45, 2.75) is 19.8 Å². The Hall–Kier alpha value is -2.79. The van der Waals surface area contributed by atoms with Crippen molar-refractivity contribution in [3.05, 3.63) is 59.2 Å². The molecule has 0 aliphatic heterocycles. The minimum atomic E-state index is -0.665. The van der Waals surface area contributed by atoms with Gasteiger partial charge >= 0.3 is 5.97 Å². The number of aromatic hydroxyl groups is 1. The van der Waals surface area contributed by atoms with Gasteiger partial charge in [-0.1, -0.05) is 43.1 Å². The van der Waals surface area contributed by atoms with Gasteiger partial charge in [-0.05, 0) is 30.7 Å². The van der Waals surface area contributed by atoms with E-state index in [-0.39, 0.29) is 22.1 Å². The zero-order valence-corrected chi connectivity index (χ0v) is 15.1. The van der Waals surface area contributed by atoms with E-state index in [0.29, 0.717) is 5.52 Å². The number of carbonyl (C=O) groups is 1. The molecule has 2 N–H and O–H groups in total. The molecule has 0 unspecified atom stereocenters. The van der Waals surface area contributed by atoms with Gasteiger partial charge in [0.1, 0.15) is 5.56 Å². The highest BCUT2D eigenvalue weighted by Gasteiger charge is 2.19. The number of esters is 1. The summed E-state index contributed by atoms with van der Waals surface area (Å²) in [6.45, 7) is 2.99. The van der Waals surface area contributed by atoms with Gasteiger partial charge in [-0.3, -0.25) is 4.98 Å². The Bertz CT molecular complexity index is 943. The molecule has 0 radical (unpaired) electrons. The van der Waals surface area contributed by atoms with Gasteiger partial charge in [-0.2, -0.15) is 0 Å². The molecule has 1 heterocycles. The van der Waals surface area contributed by atoms with E-state index >= 15 is 0 Å². The number of anilines is 1. The van der Waals surface area contributed by atoms with E-state index in [1.165, 1.54) is 12.1 Å². The maximum absolute atomic E-state index is 12.6. The fourth-order valence-electron chi connectivity index (χ4n) is 2.57. The van der Waals surface area contributed by atoms with Crippen molar-refractivity contribution in [1.82, 2.24) is 4.98 Å². The largest absolute Gasteiger partial charge is 0.504 e. The molecule has 5 nitrogen and oxygen atoms in total. The summed E-state index contributed by atoms with van der Waals surface area (Å²) in [5.41, 5.74) is 1.51. The number of ether oxygens (including phenoxy) is 1. The molecule has 0 saturated heterocycles. The maximum atomic E-state index is 12.6. The first kappa shape index (κ1) is 18.0. The number of phenols is 1. The Kier molecular flexibility index (Phi) is 5.58. The van der Waals surface area contributed by atoms with E-state index in [4.69, 9.17) is 16.3 Å². The van der Waals surface area contributed by atoms with Gasteiger partial charge in [0, 0.05) is 11.9 Å². The van der Waals surface area contributed by atoms with Crippen molar-refractivity contribution in [2.24, 2.45) is 0 Å². The second-order valence-electron chi connectivity index (χ2n) is 5.86. The van der Waals surface area contributed by atoms with Crippen molar-refractivity contribution >= 4 is 34.2 Å². The Morgan fingerprint density at radius 2 is 2.08 bits per heavy atom. The Balaban J connectivity index is 1.93. The van der Waals surface area contributed by atoms with Crippen LogP contribution in [0.1, 0.15) is 30.1 Å². The molecule has 134 valence electrons. The van der Waals surface area contributed by atoms with E-state index < -0.39 is 5.97 Å². The van der Waals surface area contributed by atoms with Crippen molar-refractivity contribution in [3.63, 3.8) is 0 Å². The van der Waals surface area contributed by atoms with E-state index in [1.807, 2.05) is 12.1 Å². The first-order chi connectivity index (χ1) is 12.6. The van der Waals surface area contributed by atoms with Crippen LogP contribution in [0.4, 0.5) is 5.69 Å². The molecule has 0 saturated carbocycles. The van der Waals surface area contributed by atoms with Gasteiger partial charge in [0.05, 0.1) is 22.4 Å².